The van der Waals surface area contributed by atoms with Crippen LogP contribution in [0, 0.1) is 12.7 Å². The van der Waals surface area contributed by atoms with Crippen LogP contribution < -0.4 is 45.8 Å². The predicted molar refractivity (Wildman–Crippen MR) is 109 cm³/mol. The van der Waals surface area contributed by atoms with Crippen LogP contribution in [0.1, 0.15) is 53.7 Å². The minimum Gasteiger partial charge on any atom is -1.00 e. The van der Waals surface area contributed by atoms with Gasteiger partial charge in [0.2, 0.25) is 11.6 Å². The summed E-state index contributed by atoms with van der Waals surface area (Å²) in [5, 5.41) is 22.6. The molecule has 3 rings (SSSR count). The van der Waals surface area contributed by atoms with Crippen LogP contribution in [0.15, 0.2) is 33.5 Å². The van der Waals surface area contributed by atoms with Crippen LogP contribution in [0.25, 0.3) is 0 Å². The molecule has 0 spiro atoms. The van der Waals surface area contributed by atoms with E-state index < -0.39 is 40.2 Å². The van der Waals surface area contributed by atoms with Gasteiger partial charge in [-0.05, 0) is 31.5 Å². The Morgan fingerprint density at radius 1 is 1.21 bits per heavy atom. The van der Waals surface area contributed by atoms with Crippen LogP contribution >= 0.6 is 0 Å². The summed E-state index contributed by atoms with van der Waals surface area (Å²) in [4.78, 5) is 41.7. The Morgan fingerprint density at radius 3 is 2.42 bits per heavy atom. The maximum atomic E-state index is 13.0. The van der Waals surface area contributed by atoms with Crippen molar-refractivity contribution in [3.05, 3.63) is 69.3 Å². The topological polar surface area (TPSA) is 152 Å². The summed E-state index contributed by atoms with van der Waals surface area (Å²) in [6.45, 7) is 4.64. The number of aryl methyl sites for hydroxylation is 1. The van der Waals surface area contributed by atoms with Crippen LogP contribution in [0.2, 0.25) is 0 Å². The maximum Gasteiger partial charge on any atom is 1.00 e. The molecule has 0 atom stereocenters. The molecule has 3 aromatic rings. The molecule has 33 heavy (non-hydrogen) atoms. The van der Waals surface area contributed by atoms with Gasteiger partial charge in [0.15, 0.2) is 5.69 Å². The van der Waals surface area contributed by atoms with E-state index in [4.69, 9.17) is 4.42 Å². The second-order valence-corrected chi connectivity index (χ2v) is 7.51. The van der Waals surface area contributed by atoms with Crippen molar-refractivity contribution in [3.63, 3.8) is 0 Å². The fourth-order valence-electron chi connectivity index (χ4n) is 2.96. The van der Waals surface area contributed by atoms with Gasteiger partial charge in [0.1, 0.15) is 11.6 Å². The third-order valence-electron chi connectivity index (χ3n) is 4.55. The molecule has 0 aliphatic carbocycles. The largest absolute Gasteiger partial charge is 1.00 e. The molecule has 1 aromatic carbocycles. The second kappa shape index (κ2) is 10.2. The Balaban J connectivity index is 0.00000289. The zero-order valence-electron chi connectivity index (χ0n) is 19.8. The number of hydrogen-bond acceptors (Lipinski definition) is 8. The SMILES string of the molecule is Cc1nnc(C(=O)NC(C)(C)c2nc(C(=O)NCc3ccc(F)cc3)c(O)c(=O)n2C)o1.[H-].[Na+]. The monoisotopic (exact) mass is 468 g/mol. The number of benzene rings is 1. The first kappa shape index (κ1) is 26.2. The van der Waals surface area contributed by atoms with E-state index in [0.717, 1.165) is 4.57 Å². The minimum atomic E-state index is -1.27. The Kier molecular flexibility index (Phi) is 8.11. The van der Waals surface area contributed by atoms with Gasteiger partial charge >= 0.3 is 41.4 Å². The van der Waals surface area contributed by atoms with Crippen molar-refractivity contribution < 1.29 is 54.5 Å². The van der Waals surface area contributed by atoms with Gasteiger partial charge in [-0.1, -0.05) is 12.1 Å². The Bertz CT molecular complexity index is 1250. The van der Waals surface area contributed by atoms with E-state index in [1.54, 1.807) is 13.8 Å². The van der Waals surface area contributed by atoms with Gasteiger partial charge in [-0.2, -0.15) is 0 Å². The van der Waals surface area contributed by atoms with Crippen molar-refractivity contribution in [1.29, 1.82) is 0 Å². The van der Waals surface area contributed by atoms with E-state index >= 15 is 0 Å². The number of rotatable bonds is 6. The molecule has 0 fully saturated rings. The molecule has 0 aliphatic rings. The summed E-state index contributed by atoms with van der Waals surface area (Å²) >= 11 is 0. The molecule has 0 saturated carbocycles. The summed E-state index contributed by atoms with van der Waals surface area (Å²) in [7, 11) is 1.34. The van der Waals surface area contributed by atoms with E-state index in [-0.39, 0.29) is 55.1 Å². The first-order chi connectivity index (χ1) is 15.0. The van der Waals surface area contributed by atoms with Crippen molar-refractivity contribution in [1.82, 2.24) is 30.4 Å². The molecule has 0 radical (unpaired) electrons. The molecule has 2 heterocycles. The van der Waals surface area contributed by atoms with Crippen molar-refractivity contribution in [2.75, 3.05) is 0 Å². The quantitative estimate of drug-likeness (QED) is 0.352. The van der Waals surface area contributed by atoms with Crippen molar-refractivity contribution in [2.45, 2.75) is 32.9 Å². The molecule has 2 amide bonds. The molecule has 0 saturated heterocycles. The molecule has 0 bridgehead atoms. The number of hydrogen-bond donors (Lipinski definition) is 3. The van der Waals surface area contributed by atoms with E-state index in [2.05, 4.69) is 25.8 Å². The summed E-state index contributed by atoms with van der Waals surface area (Å²) in [6, 6.07) is 5.44. The zero-order valence-corrected chi connectivity index (χ0v) is 20.8. The maximum absolute atomic E-state index is 13.0. The van der Waals surface area contributed by atoms with Gasteiger partial charge < -0.3 is 21.6 Å². The predicted octanol–water partition coefficient (Wildman–Crippen LogP) is -1.97. The van der Waals surface area contributed by atoms with Gasteiger partial charge in [-0.3, -0.25) is 19.0 Å². The molecule has 11 nitrogen and oxygen atoms in total. The second-order valence-electron chi connectivity index (χ2n) is 7.51. The van der Waals surface area contributed by atoms with Crippen molar-refractivity contribution in [3.8, 4) is 5.75 Å². The van der Waals surface area contributed by atoms with Crippen LogP contribution in [0.4, 0.5) is 4.39 Å². The first-order valence-corrected chi connectivity index (χ1v) is 9.45. The average molecular weight is 468 g/mol. The number of carbonyl (C=O) groups excluding carboxylic acids is 2. The summed E-state index contributed by atoms with van der Waals surface area (Å²) in [5.74, 6) is -2.88. The standard InChI is InChI=1S/C20H21FN6O5.Na.H/c1-10-25-26-17(32-10)16(30)24-20(2,3)19-23-13(14(28)18(31)27(19)4)15(29)22-9-11-5-7-12(21)8-6-11;;/h5-8,28H,9H2,1-4H3,(H,22,29)(H,24,30);;/q;+1;-1. The third-order valence-corrected chi connectivity index (χ3v) is 4.55. The van der Waals surface area contributed by atoms with E-state index in [1.807, 2.05) is 0 Å². The van der Waals surface area contributed by atoms with Gasteiger partial charge in [-0.15, -0.1) is 10.2 Å². The number of aromatic nitrogens is 4. The van der Waals surface area contributed by atoms with E-state index in [9.17, 15) is 23.9 Å². The summed E-state index contributed by atoms with van der Waals surface area (Å²) in [6.07, 6.45) is 0. The van der Waals surface area contributed by atoms with Crippen LogP contribution in [-0.2, 0) is 19.1 Å². The van der Waals surface area contributed by atoms with Crippen molar-refractivity contribution >= 4 is 11.8 Å². The smallest absolute Gasteiger partial charge is 1.00 e. The van der Waals surface area contributed by atoms with E-state index in [0.29, 0.717) is 5.56 Å². The number of halogens is 1. The van der Waals surface area contributed by atoms with Crippen LogP contribution in [0.3, 0.4) is 0 Å². The van der Waals surface area contributed by atoms with Gasteiger partial charge in [0, 0.05) is 20.5 Å². The third kappa shape index (κ3) is 5.83. The average Bonchev–Trinajstić information content (AvgIpc) is 3.17. The molecular weight excluding hydrogens is 446 g/mol. The Hall–Kier alpha value is -3.09. The first-order valence-electron chi connectivity index (χ1n) is 9.45. The van der Waals surface area contributed by atoms with Crippen LogP contribution in [-0.4, -0.2) is 36.7 Å². The van der Waals surface area contributed by atoms with E-state index in [1.165, 1.54) is 38.2 Å². The Morgan fingerprint density at radius 2 is 1.85 bits per heavy atom. The summed E-state index contributed by atoms with van der Waals surface area (Å²) in [5.41, 5.74) is -2.06. The van der Waals surface area contributed by atoms with Crippen LogP contribution in [0.5, 0.6) is 5.75 Å². The number of nitrogens with zero attached hydrogens (tertiary/aromatic N) is 4. The Labute approximate surface area is 211 Å². The molecular formula is C20H22FN6NaO5. The number of carbonyl (C=O) groups is 2. The zero-order chi connectivity index (χ0) is 23.6. The minimum absolute atomic E-state index is 0. The molecule has 13 heteroatoms. The normalized spacial score (nSPS) is 10.9. The number of nitrogens with one attached hydrogen (secondary N) is 2. The molecule has 2 aromatic heterocycles. The fraction of sp³-hybridized carbons (Fsp3) is 0.300. The number of aromatic hydroxyl groups is 1. The van der Waals surface area contributed by atoms with Crippen molar-refractivity contribution in [2.24, 2.45) is 7.05 Å². The number of amides is 2. The molecule has 0 aliphatic heterocycles. The van der Waals surface area contributed by atoms with Gasteiger partial charge in [-0.25, -0.2) is 9.37 Å². The fourth-order valence-corrected chi connectivity index (χ4v) is 2.96. The van der Waals surface area contributed by atoms with Gasteiger partial charge in [0.25, 0.3) is 11.5 Å². The molecule has 170 valence electrons. The molecule has 3 N–H and O–H groups in total. The summed E-state index contributed by atoms with van der Waals surface area (Å²) < 4.78 is 19.1. The van der Waals surface area contributed by atoms with Gasteiger partial charge in [0.05, 0.1) is 5.54 Å². The molecule has 0 unspecified atom stereocenters.